The van der Waals surface area contributed by atoms with Gasteiger partial charge >= 0.3 is 0 Å². The standard InChI is InChI=1S/C18H24N4O/c1-17(2)12-18(9-11-23-17,15-6-4-3-5-7-15)8-10-20-16-21-13-19-14-22-16/h3-7,13-14H,8-12H2,1-2H3,(H,19,20,21,22)/t18-/m1/s1. The molecule has 0 unspecified atom stereocenters. The Labute approximate surface area is 137 Å². The van der Waals surface area contributed by atoms with Crippen molar-refractivity contribution in [2.24, 2.45) is 0 Å². The van der Waals surface area contributed by atoms with E-state index < -0.39 is 0 Å². The third kappa shape index (κ3) is 3.85. The number of ether oxygens (including phenoxy) is 1. The molecule has 1 aliphatic rings. The summed E-state index contributed by atoms with van der Waals surface area (Å²) < 4.78 is 5.95. The van der Waals surface area contributed by atoms with Gasteiger partial charge in [0.05, 0.1) is 5.60 Å². The second-order valence-corrected chi connectivity index (χ2v) is 6.82. The van der Waals surface area contributed by atoms with Gasteiger partial charge in [-0.05, 0) is 38.7 Å². The van der Waals surface area contributed by atoms with Crippen LogP contribution in [0.4, 0.5) is 5.95 Å². The highest BCUT2D eigenvalue weighted by molar-refractivity contribution is 5.28. The summed E-state index contributed by atoms with van der Waals surface area (Å²) >= 11 is 0. The van der Waals surface area contributed by atoms with E-state index in [1.807, 2.05) is 0 Å². The van der Waals surface area contributed by atoms with Crippen LogP contribution in [0.1, 0.15) is 38.7 Å². The van der Waals surface area contributed by atoms with Crippen LogP contribution in [0.5, 0.6) is 0 Å². The molecule has 1 atom stereocenters. The molecule has 1 N–H and O–H groups in total. The molecule has 0 saturated carbocycles. The van der Waals surface area contributed by atoms with Gasteiger partial charge in [-0.3, -0.25) is 0 Å². The molecule has 122 valence electrons. The van der Waals surface area contributed by atoms with E-state index >= 15 is 0 Å². The molecule has 2 aromatic rings. The van der Waals surface area contributed by atoms with E-state index in [9.17, 15) is 0 Å². The summed E-state index contributed by atoms with van der Waals surface area (Å²) in [7, 11) is 0. The van der Waals surface area contributed by atoms with Crippen LogP contribution in [-0.4, -0.2) is 33.7 Å². The van der Waals surface area contributed by atoms with Crippen molar-refractivity contribution in [3.8, 4) is 0 Å². The molecule has 0 bridgehead atoms. The van der Waals surface area contributed by atoms with Crippen molar-refractivity contribution in [1.29, 1.82) is 0 Å². The number of aromatic nitrogens is 3. The van der Waals surface area contributed by atoms with Gasteiger partial charge in [0, 0.05) is 18.6 Å². The molecule has 1 saturated heterocycles. The van der Waals surface area contributed by atoms with Crippen molar-refractivity contribution in [1.82, 2.24) is 15.0 Å². The third-order valence-corrected chi connectivity index (χ3v) is 4.60. The van der Waals surface area contributed by atoms with Gasteiger partial charge in [-0.1, -0.05) is 30.3 Å². The predicted octanol–water partition coefficient (Wildman–Crippen LogP) is 3.20. The number of anilines is 1. The molecule has 3 rings (SSSR count). The van der Waals surface area contributed by atoms with Crippen LogP contribution in [0.2, 0.25) is 0 Å². The molecule has 1 aliphatic heterocycles. The molecule has 5 heteroatoms. The van der Waals surface area contributed by atoms with Crippen LogP contribution in [-0.2, 0) is 10.2 Å². The SMILES string of the molecule is CC1(C)C[C@](CCNc2ncncn2)(c2ccccc2)CCO1. The maximum atomic E-state index is 5.95. The molecule has 1 fully saturated rings. The zero-order valence-corrected chi connectivity index (χ0v) is 13.8. The first-order valence-electron chi connectivity index (χ1n) is 8.15. The van der Waals surface area contributed by atoms with Crippen molar-refractivity contribution in [3.63, 3.8) is 0 Å². The number of benzene rings is 1. The van der Waals surface area contributed by atoms with Crippen LogP contribution in [0.15, 0.2) is 43.0 Å². The molecule has 0 aliphatic carbocycles. The van der Waals surface area contributed by atoms with E-state index in [0.29, 0.717) is 5.95 Å². The number of rotatable bonds is 5. The molecule has 0 radical (unpaired) electrons. The van der Waals surface area contributed by atoms with Gasteiger partial charge in [-0.2, -0.15) is 0 Å². The monoisotopic (exact) mass is 312 g/mol. The molecule has 1 aromatic carbocycles. The molecule has 0 spiro atoms. The average molecular weight is 312 g/mol. The van der Waals surface area contributed by atoms with Crippen molar-refractivity contribution in [2.45, 2.75) is 44.1 Å². The Hall–Kier alpha value is -2.01. The van der Waals surface area contributed by atoms with Gasteiger partial charge in [0.15, 0.2) is 0 Å². The topological polar surface area (TPSA) is 59.9 Å². The smallest absolute Gasteiger partial charge is 0.225 e. The highest BCUT2D eigenvalue weighted by Gasteiger charge is 2.41. The van der Waals surface area contributed by atoms with E-state index in [1.165, 1.54) is 18.2 Å². The Balaban J connectivity index is 1.76. The predicted molar refractivity (Wildman–Crippen MR) is 90.3 cm³/mol. The van der Waals surface area contributed by atoms with E-state index in [4.69, 9.17) is 4.74 Å². The lowest BCUT2D eigenvalue weighted by molar-refractivity contribution is -0.0835. The lowest BCUT2D eigenvalue weighted by Gasteiger charge is -2.45. The van der Waals surface area contributed by atoms with Crippen molar-refractivity contribution < 1.29 is 4.74 Å². The molecule has 23 heavy (non-hydrogen) atoms. The van der Waals surface area contributed by atoms with Gasteiger partial charge in [-0.15, -0.1) is 0 Å². The van der Waals surface area contributed by atoms with Crippen LogP contribution in [0, 0.1) is 0 Å². The highest BCUT2D eigenvalue weighted by Crippen LogP contribution is 2.43. The fourth-order valence-corrected chi connectivity index (χ4v) is 3.62. The first kappa shape index (κ1) is 15.9. The number of hydrogen-bond acceptors (Lipinski definition) is 5. The lowest BCUT2D eigenvalue weighted by Crippen LogP contribution is -2.44. The van der Waals surface area contributed by atoms with Gasteiger partial charge in [0.1, 0.15) is 12.7 Å². The Morgan fingerprint density at radius 1 is 1.13 bits per heavy atom. The minimum Gasteiger partial charge on any atom is -0.376 e. The summed E-state index contributed by atoms with van der Waals surface area (Å²) in [6.07, 6.45) is 6.11. The summed E-state index contributed by atoms with van der Waals surface area (Å²) in [5, 5.41) is 3.31. The first-order valence-corrected chi connectivity index (χ1v) is 8.15. The largest absolute Gasteiger partial charge is 0.376 e. The molecular formula is C18H24N4O. The number of nitrogens with one attached hydrogen (secondary N) is 1. The summed E-state index contributed by atoms with van der Waals surface area (Å²) in [6.45, 7) is 6.00. The summed E-state index contributed by atoms with van der Waals surface area (Å²) in [5.41, 5.74) is 1.43. The lowest BCUT2D eigenvalue weighted by atomic mass is 9.67. The van der Waals surface area contributed by atoms with Crippen LogP contribution in [0.25, 0.3) is 0 Å². The Morgan fingerprint density at radius 3 is 2.57 bits per heavy atom. The Morgan fingerprint density at radius 2 is 1.87 bits per heavy atom. The number of hydrogen-bond donors (Lipinski definition) is 1. The number of nitrogens with zero attached hydrogens (tertiary/aromatic N) is 3. The van der Waals surface area contributed by atoms with Gasteiger partial charge in [-0.25, -0.2) is 15.0 Å². The third-order valence-electron chi connectivity index (χ3n) is 4.60. The van der Waals surface area contributed by atoms with Crippen molar-refractivity contribution in [3.05, 3.63) is 48.5 Å². The van der Waals surface area contributed by atoms with Gasteiger partial charge in [0.25, 0.3) is 0 Å². The van der Waals surface area contributed by atoms with Crippen molar-refractivity contribution >= 4 is 5.95 Å². The van der Waals surface area contributed by atoms with E-state index in [-0.39, 0.29) is 11.0 Å². The molecule has 0 amide bonds. The molecular weight excluding hydrogens is 288 g/mol. The van der Waals surface area contributed by atoms with E-state index in [1.54, 1.807) is 0 Å². The summed E-state index contributed by atoms with van der Waals surface area (Å²) in [5.74, 6) is 0.634. The van der Waals surface area contributed by atoms with Crippen LogP contribution < -0.4 is 5.32 Å². The van der Waals surface area contributed by atoms with Gasteiger partial charge in [0.2, 0.25) is 5.95 Å². The summed E-state index contributed by atoms with van der Waals surface area (Å²) in [6, 6.07) is 10.8. The van der Waals surface area contributed by atoms with Crippen LogP contribution >= 0.6 is 0 Å². The van der Waals surface area contributed by atoms with Gasteiger partial charge < -0.3 is 10.1 Å². The molecule has 1 aromatic heterocycles. The van der Waals surface area contributed by atoms with Crippen LogP contribution in [0.3, 0.4) is 0 Å². The summed E-state index contributed by atoms with van der Waals surface area (Å²) in [4.78, 5) is 12.1. The minimum absolute atomic E-state index is 0.0960. The second-order valence-electron chi connectivity index (χ2n) is 6.82. The quantitative estimate of drug-likeness (QED) is 0.918. The first-order chi connectivity index (χ1) is 11.1. The van der Waals surface area contributed by atoms with E-state index in [0.717, 1.165) is 32.4 Å². The molecule has 5 nitrogen and oxygen atoms in total. The minimum atomic E-state index is -0.0960. The zero-order valence-electron chi connectivity index (χ0n) is 13.8. The van der Waals surface area contributed by atoms with Crippen molar-refractivity contribution in [2.75, 3.05) is 18.5 Å². The fourth-order valence-electron chi connectivity index (χ4n) is 3.62. The second kappa shape index (κ2) is 6.62. The highest BCUT2D eigenvalue weighted by atomic mass is 16.5. The normalized spacial score (nSPS) is 23.4. The van der Waals surface area contributed by atoms with E-state index in [2.05, 4.69) is 64.4 Å². The maximum Gasteiger partial charge on any atom is 0.225 e. The Kier molecular flexibility index (Phi) is 4.57. The molecule has 2 heterocycles. The maximum absolute atomic E-state index is 5.95. The fraction of sp³-hybridized carbons (Fsp3) is 0.500. The zero-order chi connectivity index (χ0) is 16.2. The Bertz CT molecular complexity index is 617. The average Bonchev–Trinajstić information content (AvgIpc) is 2.56.